The number of aromatic nitrogens is 1. The summed E-state index contributed by atoms with van der Waals surface area (Å²) in [5, 5.41) is 3.02. The summed E-state index contributed by atoms with van der Waals surface area (Å²) in [5.74, 6) is 0.368. The molecular weight excluding hydrogens is 339 g/mol. The van der Waals surface area contributed by atoms with E-state index in [1.807, 2.05) is 6.07 Å². The Morgan fingerprint density at radius 1 is 1.19 bits per heavy atom. The van der Waals surface area contributed by atoms with Gasteiger partial charge in [-0.25, -0.2) is 9.37 Å². The number of hydrogen-bond acceptors (Lipinski definition) is 2. The van der Waals surface area contributed by atoms with Gasteiger partial charge in [-0.2, -0.15) is 0 Å². The number of benzene rings is 1. The highest BCUT2D eigenvalue weighted by molar-refractivity contribution is 9.11. The van der Waals surface area contributed by atoms with Crippen LogP contribution < -0.4 is 5.32 Å². The van der Waals surface area contributed by atoms with Gasteiger partial charge in [0.05, 0.1) is 4.47 Å². The second-order valence-electron chi connectivity index (χ2n) is 3.12. The maximum Gasteiger partial charge on any atom is 0.144 e. The van der Waals surface area contributed by atoms with Crippen LogP contribution in [0.3, 0.4) is 0 Å². The van der Waals surface area contributed by atoms with Crippen LogP contribution in [-0.2, 0) is 0 Å². The van der Waals surface area contributed by atoms with Crippen molar-refractivity contribution in [2.75, 3.05) is 5.32 Å². The van der Waals surface area contributed by atoms with Crippen LogP contribution in [0.15, 0.2) is 45.5 Å². The van der Waals surface area contributed by atoms with Crippen molar-refractivity contribution in [3.8, 4) is 0 Å². The van der Waals surface area contributed by atoms with E-state index in [1.54, 1.807) is 18.3 Å². The average molecular weight is 346 g/mol. The molecule has 1 aromatic carbocycles. The first-order chi connectivity index (χ1) is 7.65. The zero-order chi connectivity index (χ0) is 11.5. The maximum atomic E-state index is 13.0. The number of hydrogen-bond donors (Lipinski definition) is 1. The molecule has 0 saturated heterocycles. The highest BCUT2D eigenvalue weighted by Gasteiger charge is 2.03. The van der Waals surface area contributed by atoms with Gasteiger partial charge in [0.25, 0.3) is 0 Å². The Balaban J connectivity index is 2.27. The minimum absolute atomic E-state index is 0.279. The summed E-state index contributed by atoms with van der Waals surface area (Å²) in [7, 11) is 0. The second kappa shape index (κ2) is 4.93. The Kier molecular flexibility index (Phi) is 3.56. The van der Waals surface area contributed by atoms with Gasteiger partial charge in [-0.1, -0.05) is 6.07 Å². The van der Waals surface area contributed by atoms with Crippen LogP contribution >= 0.6 is 31.9 Å². The molecule has 5 heteroatoms. The van der Waals surface area contributed by atoms with E-state index in [4.69, 9.17) is 0 Å². The molecule has 1 N–H and O–H groups in total. The lowest BCUT2D eigenvalue weighted by atomic mass is 10.3. The Hall–Kier alpha value is -0.940. The fourth-order valence-electron chi connectivity index (χ4n) is 1.21. The van der Waals surface area contributed by atoms with E-state index < -0.39 is 0 Å². The van der Waals surface area contributed by atoms with Gasteiger partial charge in [-0.15, -0.1) is 0 Å². The van der Waals surface area contributed by atoms with E-state index in [0.717, 1.165) is 8.95 Å². The SMILES string of the molecule is Fc1cccc(Nc2ncc(Br)cc2Br)c1. The molecule has 0 unspecified atom stereocenters. The quantitative estimate of drug-likeness (QED) is 0.867. The van der Waals surface area contributed by atoms with Crippen LogP contribution in [0.25, 0.3) is 0 Å². The predicted molar refractivity (Wildman–Crippen MR) is 69.3 cm³/mol. The Bertz CT molecular complexity index is 517. The van der Waals surface area contributed by atoms with Crippen LogP contribution in [0.1, 0.15) is 0 Å². The number of anilines is 2. The molecule has 0 fully saturated rings. The summed E-state index contributed by atoms with van der Waals surface area (Å²) in [5.41, 5.74) is 0.663. The van der Waals surface area contributed by atoms with Crippen LogP contribution in [0.2, 0.25) is 0 Å². The van der Waals surface area contributed by atoms with Gasteiger partial charge < -0.3 is 5.32 Å². The van der Waals surface area contributed by atoms with Crippen molar-refractivity contribution in [3.05, 3.63) is 51.3 Å². The third-order valence-corrected chi connectivity index (χ3v) is 2.93. The third-order valence-electron chi connectivity index (χ3n) is 1.90. The molecule has 82 valence electrons. The highest BCUT2D eigenvalue weighted by atomic mass is 79.9. The molecule has 1 aromatic heterocycles. The number of nitrogens with one attached hydrogen (secondary N) is 1. The molecule has 0 spiro atoms. The molecule has 0 aliphatic rings. The lowest BCUT2D eigenvalue weighted by Crippen LogP contribution is -1.94. The molecule has 0 saturated carbocycles. The molecular formula is C11H7Br2FN2. The molecule has 2 aromatic rings. The smallest absolute Gasteiger partial charge is 0.144 e. The van der Waals surface area contributed by atoms with E-state index in [-0.39, 0.29) is 5.82 Å². The van der Waals surface area contributed by atoms with E-state index in [2.05, 4.69) is 42.2 Å². The van der Waals surface area contributed by atoms with Gasteiger partial charge in [-0.3, -0.25) is 0 Å². The van der Waals surface area contributed by atoms with Crippen molar-refractivity contribution in [3.63, 3.8) is 0 Å². The second-order valence-corrected chi connectivity index (χ2v) is 4.89. The van der Waals surface area contributed by atoms with Gasteiger partial charge in [0.2, 0.25) is 0 Å². The first-order valence-corrected chi connectivity index (χ1v) is 6.07. The van der Waals surface area contributed by atoms with E-state index in [9.17, 15) is 4.39 Å². The zero-order valence-corrected chi connectivity index (χ0v) is 11.2. The van der Waals surface area contributed by atoms with E-state index in [0.29, 0.717) is 11.5 Å². The molecule has 0 bridgehead atoms. The van der Waals surface area contributed by atoms with E-state index in [1.165, 1.54) is 12.1 Å². The van der Waals surface area contributed by atoms with Crippen molar-refractivity contribution in [1.82, 2.24) is 4.98 Å². The Morgan fingerprint density at radius 3 is 2.69 bits per heavy atom. The molecule has 2 nitrogen and oxygen atoms in total. The number of rotatable bonds is 2. The van der Waals surface area contributed by atoms with Gasteiger partial charge in [-0.05, 0) is 56.1 Å². The van der Waals surface area contributed by atoms with Crippen molar-refractivity contribution in [1.29, 1.82) is 0 Å². The average Bonchev–Trinajstić information content (AvgIpc) is 2.22. The molecule has 1 heterocycles. The van der Waals surface area contributed by atoms with Crippen LogP contribution in [-0.4, -0.2) is 4.98 Å². The first kappa shape index (κ1) is 11.5. The third kappa shape index (κ3) is 2.80. The summed E-state index contributed by atoms with van der Waals surface area (Å²) in [6.07, 6.45) is 1.67. The largest absolute Gasteiger partial charge is 0.339 e. The summed E-state index contributed by atoms with van der Waals surface area (Å²) in [4.78, 5) is 4.18. The molecule has 2 rings (SSSR count). The Morgan fingerprint density at radius 2 is 2.00 bits per heavy atom. The fraction of sp³-hybridized carbons (Fsp3) is 0. The molecule has 0 radical (unpaired) electrons. The molecule has 0 atom stereocenters. The van der Waals surface area contributed by atoms with Crippen LogP contribution in [0.4, 0.5) is 15.9 Å². The molecule has 0 aliphatic heterocycles. The van der Waals surface area contributed by atoms with Gasteiger partial charge in [0.1, 0.15) is 11.6 Å². The normalized spacial score (nSPS) is 10.2. The lowest BCUT2D eigenvalue weighted by Gasteiger charge is -2.07. The number of nitrogens with zero attached hydrogens (tertiary/aromatic N) is 1. The summed E-state index contributed by atoms with van der Waals surface area (Å²) in [6, 6.07) is 8.10. The molecule has 0 amide bonds. The minimum Gasteiger partial charge on any atom is -0.339 e. The standard InChI is InChI=1S/C11H7Br2FN2/c12-7-4-10(13)11(15-6-7)16-9-3-1-2-8(14)5-9/h1-6H,(H,15,16). The summed E-state index contributed by atoms with van der Waals surface area (Å²) < 4.78 is 14.6. The molecule has 16 heavy (non-hydrogen) atoms. The minimum atomic E-state index is -0.279. The van der Waals surface area contributed by atoms with Gasteiger partial charge in [0, 0.05) is 16.4 Å². The number of halogens is 3. The Labute approximate surface area is 109 Å². The van der Waals surface area contributed by atoms with E-state index >= 15 is 0 Å². The number of pyridine rings is 1. The predicted octanol–water partition coefficient (Wildman–Crippen LogP) is 4.49. The van der Waals surface area contributed by atoms with Crippen LogP contribution in [0, 0.1) is 5.82 Å². The first-order valence-electron chi connectivity index (χ1n) is 4.49. The lowest BCUT2D eigenvalue weighted by molar-refractivity contribution is 0.628. The molecule has 0 aliphatic carbocycles. The fourth-order valence-corrected chi connectivity index (χ4v) is 2.30. The van der Waals surface area contributed by atoms with Crippen molar-refractivity contribution in [2.24, 2.45) is 0 Å². The van der Waals surface area contributed by atoms with Crippen molar-refractivity contribution in [2.45, 2.75) is 0 Å². The monoisotopic (exact) mass is 344 g/mol. The van der Waals surface area contributed by atoms with Gasteiger partial charge >= 0.3 is 0 Å². The summed E-state index contributed by atoms with van der Waals surface area (Å²) >= 11 is 6.69. The van der Waals surface area contributed by atoms with Crippen molar-refractivity contribution >= 4 is 43.4 Å². The zero-order valence-electron chi connectivity index (χ0n) is 8.05. The van der Waals surface area contributed by atoms with Crippen molar-refractivity contribution < 1.29 is 4.39 Å². The maximum absolute atomic E-state index is 13.0. The summed E-state index contributed by atoms with van der Waals surface area (Å²) in [6.45, 7) is 0. The topological polar surface area (TPSA) is 24.9 Å². The highest BCUT2D eigenvalue weighted by Crippen LogP contribution is 2.26. The van der Waals surface area contributed by atoms with Crippen LogP contribution in [0.5, 0.6) is 0 Å². The van der Waals surface area contributed by atoms with Gasteiger partial charge in [0.15, 0.2) is 0 Å².